The Bertz CT molecular complexity index is 516. The first-order chi connectivity index (χ1) is 9.97. The van der Waals surface area contributed by atoms with Crippen molar-refractivity contribution in [1.82, 2.24) is 4.98 Å². The third-order valence-corrected chi connectivity index (χ3v) is 3.35. The van der Waals surface area contributed by atoms with E-state index in [4.69, 9.17) is 9.47 Å². The molecule has 1 rings (SSSR count). The molecule has 1 aromatic heterocycles. The third-order valence-electron chi connectivity index (χ3n) is 2.59. The summed E-state index contributed by atoms with van der Waals surface area (Å²) in [5.74, 6) is -0.765. The normalized spacial score (nSPS) is 13.1. The Morgan fingerprint density at radius 3 is 2.81 bits per heavy atom. The number of hydrogen-bond acceptors (Lipinski definition) is 7. The molecule has 0 fully saturated rings. The summed E-state index contributed by atoms with van der Waals surface area (Å²) in [4.78, 5) is 27.2. The first kappa shape index (κ1) is 17.1. The zero-order valence-corrected chi connectivity index (χ0v) is 12.7. The smallest absolute Gasteiger partial charge is 0.413 e. The van der Waals surface area contributed by atoms with E-state index in [1.165, 1.54) is 11.5 Å². The molecule has 0 bridgehead atoms. The maximum atomic E-state index is 11.8. The van der Waals surface area contributed by atoms with Crippen molar-refractivity contribution in [2.45, 2.75) is 25.9 Å². The lowest BCUT2D eigenvalue weighted by Gasteiger charge is -2.22. The summed E-state index contributed by atoms with van der Waals surface area (Å²) in [5.41, 5.74) is -1.69. The monoisotopic (exact) mass is 314 g/mol. The number of hydrogen-bond donors (Lipinski definition) is 2. The zero-order chi connectivity index (χ0) is 15.9. The van der Waals surface area contributed by atoms with Crippen molar-refractivity contribution in [3.8, 4) is 0 Å². The molecule has 0 aromatic carbocycles. The van der Waals surface area contributed by atoms with Gasteiger partial charge >= 0.3 is 12.1 Å². The van der Waals surface area contributed by atoms with E-state index in [-0.39, 0.29) is 30.5 Å². The summed E-state index contributed by atoms with van der Waals surface area (Å²) in [7, 11) is 0. The SMILES string of the molecule is C=CCOC(=O)Nc1nc(C(O)(CC)C(=O)OCC)cs1. The van der Waals surface area contributed by atoms with Crippen LogP contribution in [-0.2, 0) is 19.9 Å². The fourth-order valence-corrected chi connectivity index (χ4v) is 2.22. The molecule has 8 heteroatoms. The van der Waals surface area contributed by atoms with Gasteiger partial charge in [0.2, 0.25) is 5.60 Å². The molecule has 1 atom stereocenters. The van der Waals surface area contributed by atoms with E-state index in [9.17, 15) is 14.7 Å². The Labute approximate surface area is 126 Å². The third kappa shape index (κ3) is 4.27. The highest BCUT2D eigenvalue weighted by molar-refractivity contribution is 7.13. The van der Waals surface area contributed by atoms with E-state index in [1.54, 1.807) is 13.8 Å². The molecule has 7 nitrogen and oxygen atoms in total. The minimum atomic E-state index is -1.82. The number of aromatic nitrogens is 1. The topological polar surface area (TPSA) is 97.8 Å². The van der Waals surface area contributed by atoms with Gasteiger partial charge in [-0.3, -0.25) is 5.32 Å². The van der Waals surface area contributed by atoms with Crippen molar-refractivity contribution in [2.75, 3.05) is 18.5 Å². The average Bonchev–Trinajstić information content (AvgIpc) is 2.93. The number of rotatable bonds is 7. The molecule has 1 unspecified atom stereocenters. The van der Waals surface area contributed by atoms with Crippen LogP contribution in [0, 0.1) is 0 Å². The number of nitrogens with zero attached hydrogens (tertiary/aromatic N) is 1. The quantitative estimate of drug-likeness (QED) is 0.590. The lowest BCUT2D eigenvalue weighted by molar-refractivity contribution is -0.167. The van der Waals surface area contributed by atoms with Gasteiger partial charge in [0.05, 0.1) is 12.3 Å². The van der Waals surface area contributed by atoms with Crippen molar-refractivity contribution in [1.29, 1.82) is 0 Å². The van der Waals surface area contributed by atoms with Crippen LogP contribution in [-0.4, -0.2) is 35.4 Å². The van der Waals surface area contributed by atoms with E-state index in [1.807, 2.05) is 0 Å². The molecule has 0 radical (unpaired) electrons. The van der Waals surface area contributed by atoms with Gasteiger partial charge in [-0.15, -0.1) is 11.3 Å². The minimum Gasteiger partial charge on any atom is -0.464 e. The predicted octanol–water partition coefficient (Wildman–Crippen LogP) is 2.04. The van der Waals surface area contributed by atoms with Gasteiger partial charge in [0.1, 0.15) is 6.61 Å². The van der Waals surface area contributed by atoms with Crippen molar-refractivity contribution < 1.29 is 24.2 Å². The number of thiazole rings is 1. The molecule has 0 saturated heterocycles. The van der Waals surface area contributed by atoms with Crippen LogP contribution >= 0.6 is 11.3 Å². The van der Waals surface area contributed by atoms with Crippen molar-refractivity contribution in [2.24, 2.45) is 0 Å². The molecule has 0 aliphatic heterocycles. The van der Waals surface area contributed by atoms with Crippen LogP contribution in [0.3, 0.4) is 0 Å². The number of carbonyl (C=O) groups excluding carboxylic acids is 2. The van der Waals surface area contributed by atoms with Gasteiger partial charge in [0.25, 0.3) is 0 Å². The fourth-order valence-electron chi connectivity index (χ4n) is 1.46. The number of nitrogens with one attached hydrogen (secondary N) is 1. The maximum absolute atomic E-state index is 11.8. The summed E-state index contributed by atoms with van der Waals surface area (Å²) in [6, 6.07) is 0. The number of ether oxygens (including phenoxy) is 2. The second kappa shape index (κ2) is 7.75. The van der Waals surface area contributed by atoms with Gasteiger partial charge in [-0.2, -0.15) is 0 Å². The number of aliphatic hydroxyl groups is 1. The summed E-state index contributed by atoms with van der Waals surface area (Å²) >= 11 is 1.07. The molecule has 0 saturated carbocycles. The molecule has 0 spiro atoms. The van der Waals surface area contributed by atoms with E-state index >= 15 is 0 Å². The van der Waals surface area contributed by atoms with Crippen molar-refractivity contribution in [3.05, 3.63) is 23.7 Å². The lowest BCUT2D eigenvalue weighted by Crippen LogP contribution is -2.37. The Morgan fingerprint density at radius 2 is 2.24 bits per heavy atom. The molecular formula is C13H18N2O5S. The molecule has 1 aromatic rings. The summed E-state index contributed by atoms with van der Waals surface area (Å²) in [5, 5.41) is 14.5. The van der Waals surface area contributed by atoms with Gasteiger partial charge in [-0.25, -0.2) is 14.6 Å². The standard InChI is InChI=1S/C13H18N2O5S/c1-4-7-20-12(17)15-11-14-9(8-21-11)13(18,5-2)10(16)19-6-3/h4,8,18H,1,5-7H2,2-3H3,(H,14,15,17). The Hall–Kier alpha value is -1.93. The molecule has 1 heterocycles. The van der Waals surface area contributed by atoms with E-state index < -0.39 is 17.7 Å². The van der Waals surface area contributed by atoms with E-state index in [0.717, 1.165) is 11.3 Å². The van der Waals surface area contributed by atoms with Crippen LogP contribution in [0.1, 0.15) is 26.0 Å². The van der Waals surface area contributed by atoms with Crippen LogP contribution in [0.4, 0.5) is 9.93 Å². The van der Waals surface area contributed by atoms with Gasteiger partial charge in [0, 0.05) is 5.38 Å². The molecule has 21 heavy (non-hydrogen) atoms. The Kier molecular flexibility index (Phi) is 6.32. The van der Waals surface area contributed by atoms with Crippen LogP contribution in [0.15, 0.2) is 18.0 Å². The molecule has 0 aliphatic carbocycles. The summed E-state index contributed by atoms with van der Waals surface area (Å²) in [6.07, 6.45) is 0.853. The molecule has 2 N–H and O–H groups in total. The van der Waals surface area contributed by atoms with Gasteiger partial charge in [-0.05, 0) is 13.3 Å². The number of esters is 1. The lowest BCUT2D eigenvalue weighted by atomic mass is 9.98. The fraction of sp³-hybridized carbons (Fsp3) is 0.462. The molecule has 116 valence electrons. The van der Waals surface area contributed by atoms with Gasteiger partial charge < -0.3 is 14.6 Å². The highest BCUT2D eigenvalue weighted by Gasteiger charge is 2.40. The first-order valence-electron chi connectivity index (χ1n) is 6.38. The van der Waals surface area contributed by atoms with E-state index in [2.05, 4.69) is 16.9 Å². The first-order valence-corrected chi connectivity index (χ1v) is 7.26. The van der Waals surface area contributed by atoms with Crippen LogP contribution in [0.25, 0.3) is 0 Å². The zero-order valence-electron chi connectivity index (χ0n) is 11.9. The predicted molar refractivity (Wildman–Crippen MR) is 78.1 cm³/mol. The molecular weight excluding hydrogens is 296 g/mol. The minimum absolute atomic E-state index is 0.0752. The highest BCUT2D eigenvalue weighted by atomic mass is 32.1. The van der Waals surface area contributed by atoms with Crippen LogP contribution in [0.5, 0.6) is 0 Å². The molecule has 1 amide bonds. The van der Waals surface area contributed by atoms with Gasteiger partial charge in [-0.1, -0.05) is 19.6 Å². The number of amides is 1. The van der Waals surface area contributed by atoms with Crippen molar-refractivity contribution in [3.63, 3.8) is 0 Å². The summed E-state index contributed by atoms with van der Waals surface area (Å²) in [6.45, 7) is 6.94. The number of carbonyl (C=O) groups is 2. The van der Waals surface area contributed by atoms with Crippen LogP contribution in [0.2, 0.25) is 0 Å². The van der Waals surface area contributed by atoms with Crippen molar-refractivity contribution >= 4 is 28.5 Å². The second-order valence-electron chi connectivity index (χ2n) is 3.98. The average molecular weight is 314 g/mol. The second-order valence-corrected chi connectivity index (χ2v) is 4.84. The Balaban J connectivity index is 2.83. The number of anilines is 1. The molecule has 0 aliphatic rings. The highest BCUT2D eigenvalue weighted by Crippen LogP contribution is 2.29. The van der Waals surface area contributed by atoms with Gasteiger partial charge in [0.15, 0.2) is 5.13 Å². The summed E-state index contributed by atoms with van der Waals surface area (Å²) < 4.78 is 9.60. The Morgan fingerprint density at radius 1 is 1.52 bits per heavy atom. The van der Waals surface area contributed by atoms with E-state index in [0.29, 0.717) is 0 Å². The van der Waals surface area contributed by atoms with Crippen LogP contribution < -0.4 is 5.32 Å². The largest absolute Gasteiger partial charge is 0.464 e. The maximum Gasteiger partial charge on any atom is 0.413 e.